The van der Waals surface area contributed by atoms with Crippen molar-refractivity contribution in [3.63, 3.8) is 0 Å². The minimum atomic E-state index is -0.422. The number of hydrogen-bond acceptors (Lipinski definition) is 4. The Kier molecular flexibility index (Phi) is 13.9. The minimum Gasteiger partial charge on any atom is -0.399 e. The van der Waals surface area contributed by atoms with Crippen molar-refractivity contribution in [2.24, 2.45) is 0 Å². The summed E-state index contributed by atoms with van der Waals surface area (Å²) in [4.78, 5) is 9.24. The van der Waals surface area contributed by atoms with Crippen molar-refractivity contribution >= 4 is 89.1 Å². The van der Waals surface area contributed by atoms with E-state index in [1.54, 1.807) is 6.07 Å². The van der Waals surface area contributed by atoms with Gasteiger partial charge in [0.05, 0.1) is 27.9 Å². The van der Waals surface area contributed by atoms with Gasteiger partial charge in [-0.1, -0.05) is 285 Å². The van der Waals surface area contributed by atoms with E-state index in [2.05, 4.69) is 300 Å². The van der Waals surface area contributed by atoms with Gasteiger partial charge in [-0.2, -0.15) is 0 Å². The summed E-state index contributed by atoms with van der Waals surface area (Å²) in [7, 11) is -0.422. The van der Waals surface area contributed by atoms with Crippen LogP contribution in [0.2, 0.25) is 5.15 Å². The number of halogens is 1. The SMILES string of the molecule is CC1(C)OB(c2ccc3c4c(cccc24)-c2c-3c(-c3ccccc3)c3ccccc3c2-c2ccccc2)OC1(C)C.Clc1ccc2ccccc2n1.c1ccc(-c2c3c(c(-c4ccccc4)c4ccccc24)-c2ccc(-c4ccc5ccccc5n4)c4cccc-3c24)cc1. The molecule has 0 bridgehead atoms. The molecule has 2 aromatic heterocycles. The van der Waals surface area contributed by atoms with Gasteiger partial charge in [-0.3, -0.25) is 0 Å². The first kappa shape index (κ1) is 57.1. The Hall–Kier alpha value is -10.8. The van der Waals surface area contributed by atoms with Crippen molar-refractivity contribution in [2.45, 2.75) is 38.9 Å². The number of nitrogens with zero attached hydrogens (tertiary/aromatic N) is 2. The Morgan fingerprint density at radius 2 is 0.617 bits per heavy atom. The molecule has 3 aliphatic rings. The molecule has 16 aromatic rings. The highest BCUT2D eigenvalue weighted by molar-refractivity contribution is 6.65. The minimum absolute atomic E-state index is 0.401. The zero-order valence-corrected chi connectivity index (χ0v) is 53.3. The zero-order chi connectivity index (χ0) is 63.2. The fourth-order valence-corrected chi connectivity index (χ4v) is 15.1. The van der Waals surface area contributed by atoms with Gasteiger partial charge in [0.1, 0.15) is 5.15 Å². The first-order valence-corrected chi connectivity index (χ1v) is 32.7. The molecule has 1 fully saturated rings. The molecule has 0 unspecified atom stereocenters. The molecule has 2 aliphatic carbocycles. The molecule has 0 saturated carbocycles. The van der Waals surface area contributed by atoms with Gasteiger partial charge >= 0.3 is 7.12 Å². The second-order valence-electron chi connectivity index (χ2n) is 25.7. The summed E-state index contributed by atoms with van der Waals surface area (Å²) in [5, 5.41) is 12.9. The molecular weight excluding hydrogens is 1160 g/mol. The van der Waals surface area contributed by atoms with E-state index in [1.165, 1.54) is 138 Å². The molecular formula is C88H62BClN2O2. The number of fused-ring (bicyclic) bond motifs is 10. The Morgan fingerprint density at radius 3 is 1.07 bits per heavy atom. The Labute approximate surface area is 552 Å². The fraction of sp³-hybridized carbons (Fsp3) is 0.0682. The lowest BCUT2D eigenvalue weighted by molar-refractivity contribution is 0.00578. The largest absolute Gasteiger partial charge is 0.495 e. The van der Waals surface area contributed by atoms with Gasteiger partial charge in [0.2, 0.25) is 0 Å². The van der Waals surface area contributed by atoms with Crippen LogP contribution >= 0.6 is 11.6 Å². The standard InChI is InChI=1S/C41H25N.C38H31BO2.C9H6ClN/c1-3-13-27(14-4-1)37-31-17-8-9-18-32(31)38(28-15-5-2-6-16-28)41-34-24-23-29(30-19-11-20-33(39(30)34)40(37)41)36-25-22-26-12-7-10-21-35(26)42-36;1-37(2)38(3,4)41-39(40-37)31-23-22-30-34-28(31)20-13-21-29(34)35-32(24-14-7-5-8-15-24)26-18-11-12-19-27(26)33(36(30)35)25-16-9-6-10-17-25;10-9-6-5-7-3-1-2-4-8(7)11-9/h1-25H;5-23H,1-4H3;1-6H. The van der Waals surface area contributed by atoms with Gasteiger partial charge in [0, 0.05) is 16.3 Å². The van der Waals surface area contributed by atoms with E-state index in [-0.39, 0.29) is 0 Å². The maximum Gasteiger partial charge on any atom is 0.495 e. The van der Waals surface area contributed by atoms with Crippen molar-refractivity contribution in [1.82, 2.24) is 9.97 Å². The van der Waals surface area contributed by atoms with Crippen LogP contribution in [0.5, 0.6) is 0 Å². The molecule has 4 nitrogen and oxygen atoms in total. The third kappa shape index (κ3) is 9.37. The van der Waals surface area contributed by atoms with Crippen LogP contribution in [0.15, 0.2) is 303 Å². The molecule has 1 saturated heterocycles. The van der Waals surface area contributed by atoms with Gasteiger partial charge in [0.25, 0.3) is 0 Å². The first-order valence-electron chi connectivity index (χ1n) is 32.3. The van der Waals surface area contributed by atoms with E-state index in [9.17, 15) is 0 Å². The molecule has 0 spiro atoms. The van der Waals surface area contributed by atoms with Gasteiger partial charge in [-0.15, -0.1) is 0 Å². The second-order valence-corrected chi connectivity index (χ2v) is 26.1. The van der Waals surface area contributed by atoms with Crippen LogP contribution in [0.1, 0.15) is 27.7 Å². The summed E-state index contributed by atoms with van der Waals surface area (Å²) in [6.07, 6.45) is 0. The molecule has 0 N–H and O–H groups in total. The van der Waals surface area contributed by atoms with Crippen molar-refractivity contribution in [1.29, 1.82) is 0 Å². The molecule has 1 aliphatic heterocycles. The number of pyridine rings is 2. The summed E-state index contributed by atoms with van der Waals surface area (Å²) in [6.45, 7) is 8.47. The zero-order valence-electron chi connectivity index (χ0n) is 52.5. The maximum atomic E-state index is 6.56. The second kappa shape index (κ2) is 22.8. The van der Waals surface area contributed by atoms with E-state index in [1.807, 2.05) is 30.3 Å². The van der Waals surface area contributed by atoms with Crippen LogP contribution < -0.4 is 5.46 Å². The highest BCUT2D eigenvalue weighted by Crippen LogP contribution is 2.60. The lowest BCUT2D eigenvalue weighted by Gasteiger charge is -2.32. The van der Waals surface area contributed by atoms with Crippen molar-refractivity contribution < 1.29 is 9.31 Å². The average Bonchev–Trinajstić information content (AvgIpc) is 1.53. The van der Waals surface area contributed by atoms with Crippen LogP contribution in [0.3, 0.4) is 0 Å². The highest BCUT2D eigenvalue weighted by atomic mass is 35.5. The summed E-state index contributed by atoms with van der Waals surface area (Å²) >= 11 is 5.71. The van der Waals surface area contributed by atoms with Crippen molar-refractivity contribution in [3.05, 3.63) is 308 Å². The van der Waals surface area contributed by atoms with E-state index in [0.717, 1.165) is 33.0 Å². The van der Waals surface area contributed by atoms with E-state index >= 15 is 0 Å². The quantitative estimate of drug-likeness (QED) is 0.123. The number of rotatable bonds is 6. The average molecular weight is 1230 g/mol. The predicted molar refractivity (Wildman–Crippen MR) is 397 cm³/mol. The van der Waals surface area contributed by atoms with E-state index < -0.39 is 18.3 Å². The fourth-order valence-electron chi connectivity index (χ4n) is 14.9. The molecule has 14 aromatic carbocycles. The van der Waals surface area contributed by atoms with Crippen LogP contribution in [0.4, 0.5) is 0 Å². The van der Waals surface area contributed by atoms with Gasteiger partial charge in [-0.05, 0) is 196 Å². The number of aromatic nitrogens is 2. The van der Waals surface area contributed by atoms with Gasteiger partial charge in [-0.25, -0.2) is 9.97 Å². The first-order chi connectivity index (χ1) is 46.1. The molecule has 0 radical (unpaired) electrons. The van der Waals surface area contributed by atoms with Crippen LogP contribution in [-0.2, 0) is 9.31 Å². The lowest BCUT2D eigenvalue weighted by Crippen LogP contribution is -2.41. The normalized spacial score (nSPS) is 13.6. The molecule has 0 atom stereocenters. The highest BCUT2D eigenvalue weighted by Gasteiger charge is 2.52. The van der Waals surface area contributed by atoms with Crippen LogP contribution in [0.25, 0.3) is 165 Å². The van der Waals surface area contributed by atoms with E-state index in [0.29, 0.717) is 5.15 Å². The Balaban J connectivity index is 0.000000123. The Morgan fingerprint density at radius 1 is 0.277 bits per heavy atom. The summed E-state index contributed by atoms with van der Waals surface area (Å²) in [5.41, 5.74) is 24.9. The van der Waals surface area contributed by atoms with Crippen LogP contribution in [-0.4, -0.2) is 28.3 Å². The maximum absolute atomic E-state index is 6.56. The Bertz CT molecular complexity index is 5500. The van der Waals surface area contributed by atoms with Crippen LogP contribution in [0, 0.1) is 0 Å². The van der Waals surface area contributed by atoms with Crippen molar-refractivity contribution in [2.75, 3.05) is 0 Å². The number of para-hydroxylation sites is 2. The summed E-state index contributed by atoms with van der Waals surface area (Å²) in [6, 6.07) is 108. The third-order valence-electron chi connectivity index (χ3n) is 19.8. The summed E-state index contributed by atoms with van der Waals surface area (Å²) in [5.74, 6) is 0. The lowest BCUT2D eigenvalue weighted by atomic mass is 9.75. The van der Waals surface area contributed by atoms with Gasteiger partial charge < -0.3 is 9.31 Å². The molecule has 6 heteroatoms. The van der Waals surface area contributed by atoms with Crippen molar-refractivity contribution in [3.8, 4) is 100 Å². The molecule has 446 valence electrons. The smallest absolute Gasteiger partial charge is 0.399 e. The third-order valence-corrected chi connectivity index (χ3v) is 20.0. The van der Waals surface area contributed by atoms with Gasteiger partial charge in [0.15, 0.2) is 0 Å². The molecule has 19 rings (SSSR count). The van der Waals surface area contributed by atoms with E-state index in [4.69, 9.17) is 25.9 Å². The number of hydrogen-bond donors (Lipinski definition) is 0. The molecule has 0 amide bonds. The molecule has 3 heterocycles. The summed E-state index contributed by atoms with van der Waals surface area (Å²) < 4.78 is 13.1. The topological polar surface area (TPSA) is 44.2 Å². The predicted octanol–water partition coefficient (Wildman–Crippen LogP) is 23.4. The number of benzene rings is 14. The molecule has 94 heavy (non-hydrogen) atoms. The monoisotopic (exact) mass is 1220 g/mol.